The molecule has 1 amide bonds. The Morgan fingerprint density at radius 3 is 2.26 bits per heavy atom. The van der Waals surface area contributed by atoms with Crippen molar-refractivity contribution in [2.45, 2.75) is 13.3 Å². The van der Waals surface area contributed by atoms with Gasteiger partial charge in [0.1, 0.15) is 0 Å². The molecule has 4 nitrogen and oxygen atoms in total. The van der Waals surface area contributed by atoms with E-state index in [-0.39, 0.29) is 5.91 Å². The molecule has 0 saturated heterocycles. The highest BCUT2D eigenvalue weighted by Gasteiger charge is 2.09. The molecule has 1 heterocycles. The van der Waals surface area contributed by atoms with Crippen molar-refractivity contribution < 1.29 is 4.79 Å². The van der Waals surface area contributed by atoms with Crippen molar-refractivity contribution in [1.82, 2.24) is 10.2 Å². The summed E-state index contributed by atoms with van der Waals surface area (Å²) in [4.78, 5) is 12.2. The summed E-state index contributed by atoms with van der Waals surface area (Å²) in [5.74, 6) is -0.263. The Balaban J connectivity index is 1.72. The molecule has 0 atom stereocenters. The lowest BCUT2D eigenvalue weighted by molar-refractivity contribution is 0.102. The molecule has 0 bridgehead atoms. The van der Waals surface area contributed by atoms with Crippen molar-refractivity contribution in [2.24, 2.45) is 0 Å². The van der Waals surface area contributed by atoms with E-state index < -0.39 is 0 Å². The molecule has 4 heteroatoms. The molecule has 0 unspecified atom stereocenters. The minimum absolute atomic E-state index is 0.263. The van der Waals surface area contributed by atoms with E-state index >= 15 is 0 Å². The van der Waals surface area contributed by atoms with E-state index in [0.717, 1.165) is 23.4 Å². The lowest BCUT2D eigenvalue weighted by Crippen LogP contribution is -2.14. The Morgan fingerprint density at radius 1 is 0.913 bits per heavy atom. The van der Waals surface area contributed by atoms with Gasteiger partial charge >= 0.3 is 0 Å². The fourth-order valence-electron chi connectivity index (χ4n) is 2.24. The number of aromatic nitrogens is 2. The number of benzene rings is 2. The molecule has 0 radical (unpaired) electrons. The van der Waals surface area contributed by atoms with Gasteiger partial charge in [0, 0.05) is 11.3 Å². The summed E-state index contributed by atoms with van der Waals surface area (Å²) >= 11 is 0. The van der Waals surface area contributed by atoms with Crippen LogP contribution >= 0.6 is 0 Å². The summed E-state index contributed by atoms with van der Waals surface area (Å²) < 4.78 is 0. The molecule has 1 aromatic heterocycles. The first-order chi connectivity index (χ1) is 11.3. The monoisotopic (exact) mass is 303 g/mol. The molecule has 0 saturated carbocycles. The van der Waals surface area contributed by atoms with Gasteiger partial charge in [-0.3, -0.25) is 4.79 Å². The fourth-order valence-corrected chi connectivity index (χ4v) is 2.24. The predicted molar refractivity (Wildman–Crippen MR) is 91.2 cm³/mol. The second-order valence-corrected chi connectivity index (χ2v) is 5.17. The Bertz CT molecular complexity index is 781. The van der Waals surface area contributed by atoms with Gasteiger partial charge in [-0.15, -0.1) is 10.2 Å². The van der Waals surface area contributed by atoms with E-state index in [4.69, 9.17) is 0 Å². The zero-order valence-electron chi connectivity index (χ0n) is 12.9. The average molecular weight is 303 g/mol. The van der Waals surface area contributed by atoms with Crippen LogP contribution in [0, 0.1) is 0 Å². The van der Waals surface area contributed by atoms with Gasteiger partial charge < -0.3 is 5.32 Å². The summed E-state index contributed by atoms with van der Waals surface area (Å²) in [6, 6.07) is 21.0. The van der Waals surface area contributed by atoms with E-state index in [0.29, 0.717) is 5.69 Å². The van der Waals surface area contributed by atoms with Crippen LogP contribution in [0.1, 0.15) is 23.0 Å². The van der Waals surface area contributed by atoms with Gasteiger partial charge in [-0.1, -0.05) is 49.4 Å². The second kappa shape index (κ2) is 6.83. The Hall–Kier alpha value is -3.01. The van der Waals surface area contributed by atoms with E-state index in [1.807, 2.05) is 54.6 Å². The highest BCUT2D eigenvalue weighted by atomic mass is 16.1. The molecule has 1 N–H and O–H groups in total. The quantitative estimate of drug-likeness (QED) is 0.793. The van der Waals surface area contributed by atoms with Crippen LogP contribution in [0.25, 0.3) is 11.3 Å². The van der Waals surface area contributed by atoms with Crippen LogP contribution in [0.2, 0.25) is 0 Å². The molecular weight excluding hydrogens is 286 g/mol. The van der Waals surface area contributed by atoms with Crippen molar-refractivity contribution in [2.75, 3.05) is 5.32 Å². The lowest BCUT2D eigenvalue weighted by Gasteiger charge is -2.06. The maximum Gasteiger partial charge on any atom is 0.276 e. The molecule has 0 fully saturated rings. The van der Waals surface area contributed by atoms with Gasteiger partial charge in [0.15, 0.2) is 5.69 Å². The Morgan fingerprint density at radius 2 is 1.65 bits per heavy atom. The van der Waals surface area contributed by atoms with Gasteiger partial charge in [-0.05, 0) is 36.2 Å². The number of carbonyl (C=O) groups is 1. The summed E-state index contributed by atoms with van der Waals surface area (Å²) in [6.07, 6.45) is 0.973. The largest absolute Gasteiger partial charge is 0.321 e. The number of amides is 1. The summed E-state index contributed by atoms with van der Waals surface area (Å²) in [5, 5.41) is 11.0. The minimum Gasteiger partial charge on any atom is -0.321 e. The standard InChI is InChI=1S/C19H17N3O/c1-2-14-8-10-16(11-9-14)20-19(23)18-13-12-17(21-22-18)15-6-4-3-5-7-15/h3-13H,2H2,1H3,(H,20,23). The number of hydrogen-bond acceptors (Lipinski definition) is 3. The normalized spacial score (nSPS) is 10.3. The van der Waals surface area contributed by atoms with Crippen LogP contribution in [0.3, 0.4) is 0 Å². The highest BCUT2D eigenvalue weighted by Crippen LogP contribution is 2.16. The molecule has 114 valence electrons. The molecule has 0 spiro atoms. The number of nitrogens with one attached hydrogen (secondary N) is 1. The number of carbonyl (C=O) groups excluding carboxylic acids is 1. The van der Waals surface area contributed by atoms with Crippen LogP contribution in [0.5, 0.6) is 0 Å². The summed E-state index contributed by atoms with van der Waals surface area (Å²) in [6.45, 7) is 2.09. The number of hydrogen-bond donors (Lipinski definition) is 1. The van der Waals surface area contributed by atoms with Crippen molar-refractivity contribution in [3.05, 3.63) is 78.0 Å². The first kappa shape index (κ1) is 14.9. The SMILES string of the molecule is CCc1ccc(NC(=O)c2ccc(-c3ccccc3)nn2)cc1. The van der Waals surface area contributed by atoms with Crippen molar-refractivity contribution in [3.8, 4) is 11.3 Å². The number of anilines is 1. The lowest BCUT2D eigenvalue weighted by atomic mass is 10.1. The van der Waals surface area contributed by atoms with Gasteiger partial charge in [-0.25, -0.2) is 0 Å². The van der Waals surface area contributed by atoms with Gasteiger partial charge in [0.25, 0.3) is 5.91 Å². The van der Waals surface area contributed by atoms with Crippen molar-refractivity contribution >= 4 is 11.6 Å². The average Bonchev–Trinajstić information content (AvgIpc) is 2.63. The molecule has 23 heavy (non-hydrogen) atoms. The summed E-state index contributed by atoms with van der Waals surface area (Å²) in [7, 11) is 0. The Kier molecular flexibility index (Phi) is 4.43. The first-order valence-electron chi connectivity index (χ1n) is 7.55. The zero-order valence-corrected chi connectivity index (χ0v) is 12.9. The second-order valence-electron chi connectivity index (χ2n) is 5.17. The first-order valence-corrected chi connectivity index (χ1v) is 7.55. The molecule has 2 aromatic carbocycles. The van der Waals surface area contributed by atoms with Gasteiger partial charge in [0.05, 0.1) is 5.69 Å². The maximum atomic E-state index is 12.2. The number of rotatable bonds is 4. The van der Waals surface area contributed by atoms with E-state index in [2.05, 4.69) is 22.4 Å². The molecular formula is C19H17N3O. The molecule has 0 aliphatic rings. The topological polar surface area (TPSA) is 54.9 Å². The third-order valence-corrected chi connectivity index (χ3v) is 3.59. The van der Waals surface area contributed by atoms with Crippen molar-refractivity contribution in [1.29, 1.82) is 0 Å². The van der Waals surface area contributed by atoms with Gasteiger partial charge in [0.2, 0.25) is 0 Å². The number of nitrogens with zero attached hydrogens (tertiary/aromatic N) is 2. The van der Waals surface area contributed by atoms with Crippen LogP contribution in [0.15, 0.2) is 66.7 Å². The van der Waals surface area contributed by atoms with Crippen LogP contribution in [0.4, 0.5) is 5.69 Å². The zero-order chi connectivity index (χ0) is 16.1. The third kappa shape index (κ3) is 3.61. The molecule has 0 aliphatic carbocycles. The van der Waals surface area contributed by atoms with E-state index in [1.165, 1.54) is 5.56 Å². The summed E-state index contributed by atoms with van der Waals surface area (Å²) in [5.41, 5.74) is 4.00. The molecule has 3 aromatic rings. The predicted octanol–water partition coefficient (Wildman–Crippen LogP) is 3.96. The van der Waals surface area contributed by atoms with Crippen LogP contribution in [-0.4, -0.2) is 16.1 Å². The smallest absolute Gasteiger partial charge is 0.276 e. The third-order valence-electron chi connectivity index (χ3n) is 3.59. The van der Waals surface area contributed by atoms with Crippen LogP contribution < -0.4 is 5.32 Å². The molecule has 3 rings (SSSR count). The minimum atomic E-state index is -0.263. The maximum absolute atomic E-state index is 12.2. The molecule has 0 aliphatic heterocycles. The highest BCUT2D eigenvalue weighted by molar-refractivity contribution is 6.02. The van der Waals surface area contributed by atoms with Crippen LogP contribution in [-0.2, 0) is 6.42 Å². The van der Waals surface area contributed by atoms with E-state index in [9.17, 15) is 4.79 Å². The van der Waals surface area contributed by atoms with Crippen molar-refractivity contribution in [3.63, 3.8) is 0 Å². The number of aryl methyl sites for hydroxylation is 1. The van der Waals surface area contributed by atoms with E-state index in [1.54, 1.807) is 12.1 Å². The Labute approximate surface area is 135 Å². The van der Waals surface area contributed by atoms with Gasteiger partial charge in [-0.2, -0.15) is 0 Å². The fraction of sp³-hybridized carbons (Fsp3) is 0.105.